The summed E-state index contributed by atoms with van der Waals surface area (Å²) in [5, 5.41) is 2.65. The summed E-state index contributed by atoms with van der Waals surface area (Å²) < 4.78 is 10.5. The molecular formula is C18H16N2O5. The van der Waals surface area contributed by atoms with Gasteiger partial charge in [0.2, 0.25) is 6.79 Å². The van der Waals surface area contributed by atoms with E-state index < -0.39 is 11.5 Å². The van der Waals surface area contributed by atoms with E-state index >= 15 is 0 Å². The Balaban J connectivity index is 1.63. The summed E-state index contributed by atoms with van der Waals surface area (Å²) in [6.07, 6.45) is 1.04. The van der Waals surface area contributed by atoms with Crippen molar-refractivity contribution in [2.75, 3.05) is 12.1 Å². The van der Waals surface area contributed by atoms with Crippen molar-refractivity contribution in [2.24, 2.45) is 5.92 Å². The molecule has 0 spiro atoms. The quantitative estimate of drug-likeness (QED) is 0.873. The summed E-state index contributed by atoms with van der Waals surface area (Å²) in [5.41, 5.74) is 0.923. The van der Waals surface area contributed by atoms with E-state index in [1.54, 1.807) is 18.2 Å². The minimum absolute atomic E-state index is 0.0536. The van der Waals surface area contributed by atoms with Gasteiger partial charge >= 0.3 is 0 Å². The number of hydrogen-bond donors (Lipinski definition) is 2. The topological polar surface area (TPSA) is 97.5 Å². The molecule has 2 N–H and O–H groups in total. The van der Waals surface area contributed by atoms with Crippen LogP contribution in [0.15, 0.2) is 29.1 Å². The number of amides is 1. The molecule has 1 unspecified atom stereocenters. The van der Waals surface area contributed by atoms with Gasteiger partial charge < -0.3 is 19.8 Å². The third-order valence-electron chi connectivity index (χ3n) is 4.38. The fourth-order valence-electron chi connectivity index (χ4n) is 3.17. The molecule has 1 aliphatic heterocycles. The molecule has 128 valence electrons. The minimum Gasteiger partial charge on any atom is -0.454 e. The van der Waals surface area contributed by atoms with Gasteiger partial charge in [0, 0.05) is 29.4 Å². The summed E-state index contributed by atoms with van der Waals surface area (Å²) in [5.74, 6) is 0.686. The van der Waals surface area contributed by atoms with Gasteiger partial charge in [0.1, 0.15) is 5.56 Å². The lowest BCUT2D eigenvalue weighted by atomic mass is 9.86. The summed E-state index contributed by atoms with van der Waals surface area (Å²) >= 11 is 0. The molecule has 0 saturated heterocycles. The van der Waals surface area contributed by atoms with E-state index in [0.717, 1.165) is 0 Å². The number of hydrogen-bond acceptors (Lipinski definition) is 5. The number of aromatic amines is 1. The Labute approximate surface area is 143 Å². The molecule has 7 heteroatoms. The number of anilines is 1. The van der Waals surface area contributed by atoms with Crippen molar-refractivity contribution in [3.8, 4) is 11.5 Å². The second-order valence-corrected chi connectivity index (χ2v) is 6.36. The molecule has 1 atom stereocenters. The number of carbonyl (C=O) groups is 2. The number of pyridine rings is 1. The van der Waals surface area contributed by atoms with Crippen LogP contribution in [-0.4, -0.2) is 23.5 Å². The highest BCUT2D eigenvalue weighted by molar-refractivity contribution is 6.06. The smallest absolute Gasteiger partial charge is 0.261 e. The molecule has 7 nitrogen and oxygen atoms in total. The van der Waals surface area contributed by atoms with Gasteiger partial charge in [0.15, 0.2) is 17.3 Å². The van der Waals surface area contributed by atoms with Crippen LogP contribution in [0, 0.1) is 5.92 Å². The lowest BCUT2D eigenvalue weighted by Gasteiger charge is -2.20. The van der Waals surface area contributed by atoms with Crippen LogP contribution < -0.4 is 20.3 Å². The van der Waals surface area contributed by atoms with E-state index in [4.69, 9.17) is 9.47 Å². The van der Waals surface area contributed by atoms with Crippen molar-refractivity contribution in [1.29, 1.82) is 0 Å². The molecule has 2 aliphatic rings. The predicted molar refractivity (Wildman–Crippen MR) is 89.4 cm³/mol. The first-order chi connectivity index (χ1) is 12.0. The van der Waals surface area contributed by atoms with Gasteiger partial charge in [-0.2, -0.15) is 0 Å². The van der Waals surface area contributed by atoms with Gasteiger partial charge in [0.05, 0.1) is 0 Å². The van der Waals surface area contributed by atoms with Crippen LogP contribution in [0.1, 0.15) is 39.8 Å². The highest BCUT2D eigenvalue weighted by Crippen LogP contribution is 2.34. The van der Waals surface area contributed by atoms with Crippen LogP contribution in [-0.2, 0) is 6.42 Å². The van der Waals surface area contributed by atoms with E-state index in [2.05, 4.69) is 10.3 Å². The molecule has 1 aromatic heterocycles. The van der Waals surface area contributed by atoms with Crippen molar-refractivity contribution >= 4 is 17.4 Å². The highest BCUT2D eigenvalue weighted by atomic mass is 16.7. The number of carbonyl (C=O) groups excluding carboxylic acids is 2. The summed E-state index contributed by atoms with van der Waals surface area (Å²) in [6, 6.07) is 6.36. The fraction of sp³-hybridized carbons (Fsp3) is 0.278. The van der Waals surface area contributed by atoms with E-state index in [1.807, 2.05) is 6.92 Å². The van der Waals surface area contributed by atoms with Crippen molar-refractivity contribution in [3.05, 3.63) is 51.4 Å². The number of benzene rings is 1. The van der Waals surface area contributed by atoms with Crippen LogP contribution in [0.2, 0.25) is 0 Å². The molecule has 1 amide bonds. The van der Waals surface area contributed by atoms with E-state index in [1.165, 1.54) is 6.07 Å². The van der Waals surface area contributed by atoms with Crippen LogP contribution in [0.25, 0.3) is 0 Å². The molecule has 1 aliphatic carbocycles. The highest BCUT2D eigenvalue weighted by Gasteiger charge is 2.26. The number of H-pyrrole nitrogens is 1. The van der Waals surface area contributed by atoms with Gasteiger partial charge in [-0.3, -0.25) is 14.4 Å². The van der Waals surface area contributed by atoms with Crippen LogP contribution in [0.4, 0.5) is 5.69 Å². The second-order valence-electron chi connectivity index (χ2n) is 6.36. The number of fused-ring (bicyclic) bond motifs is 2. The normalized spacial score (nSPS) is 18.0. The average Bonchev–Trinajstić information content (AvgIpc) is 3.01. The first kappa shape index (κ1) is 15.4. The fourth-order valence-corrected chi connectivity index (χ4v) is 3.17. The maximum absolute atomic E-state index is 12.5. The van der Waals surface area contributed by atoms with E-state index in [9.17, 15) is 14.4 Å². The Kier molecular flexibility index (Phi) is 3.56. The largest absolute Gasteiger partial charge is 0.454 e. The zero-order valence-electron chi connectivity index (χ0n) is 13.5. The second kappa shape index (κ2) is 5.77. The molecule has 25 heavy (non-hydrogen) atoms. The standard InChI is InChI=1S/C18H16N2O5/c1-9-4-13-11(14(21)5-9)7-12(18(23)20-13)17(22)19-10-2-3-15-16(6-10)25-8-24-15/h2-3,6-7,9H,4-5,8H2,1H3,(H,19,22)(H,20,23). The Morgan fingerprint density at radius 2 is 1.96 bits per heavy atom. The van der Waals surface area contributed by atoms with E-state index in [-0.39, 0.29) is 24.1 Å². The third kappa shape index (κ3) is 2.77. The maximum atomic E-state index is 12.5. The van der Waals surface area contributed by atoms with Gasteiger partial charge in [0.25, 0.3) is 11.5 Å². The van der Waals surface area contributed by atoms with Crippen molar-refractivity contribution < 1.29 is 19.1 Å². The predicted octanol–water partition coefficient (Wildman–Crippen LogP) is 2.12. The van der Waals surface area contributed by atoms with Crippen LogP contribution in [0.3, 0.4) is 0 Å². The van der Waals surface area contributed by atoms with Crippen molar-refractivity contribution in [2.45, 2.75) is 19.8 Å². The summed E-state index contributed by atoms with van der Waals surface area (Å²) in [7, 11) is 0. The third-order valence-corrected chi connectivity index (χ3v) is 4.38. The maximum Gasteiger partial charge on any atom is 0.261 e. The molecule has 0 bridgehead atoms. The molecule has 0 saturated carbocycles. The summed E-state index contributed by atoms with van der Waals surface area (Å²) in [4.78, 5) is 39.6. The molecule has 2 heterocycles. The van der Waals surface area contributed by atoms with Gasteiger partial charge in [-0.1, -0.05) is 6.92 Å². The molecule has 2 aromatic rings. The molecule has 4 rings (SSSR count). The number of ketones is 1. The molecule has 0 radical (unpaired) electrons. The number of aromatic nitrogens is 1. The Hall–Kier alpha value is -3.09. The monoisotopic (exact) mass is 340 g/mol. The molecule has 0 fully saturated rings. The van der Waals surface area contributed by atoms with E-state index in [0.29, 0.717) is 41.3 Å². The molecule has 1 aromatic carbocycles. The lowest BCUT2D eigenvalue weighted by Crippen LogP contribution is -2.29. The van der Waals surface area contributed by atoms with Gasteiger partial charge in [-0.15, -0.1) is 0 Å². The first-order valence-corrected chi connectivity index (χ1v) is 8.01. The van der Waals surface area contributed by atoms with Gasteiger partial charge in [-0.25, -0.2) is 0 Å². The number of ether oxygens (including phenoxy) is 2. The zero-order valence-corrected chi connectivity index (χ0v) is 13.5. The number of Topliss-reactive ketones (excluding diaryl/α,β-unsaturated/α-hetero) is 1. The summed E-state index contributed by atoms with van der Waals surface area (Å²) in [6.45, 7) is 2.09. The number of nitrogens with one attached hydrogen (secondary N) is 2. The first-order valence-electron chi connectivity index (χ1n) is 8.01. The zero-order chi connectivity index (χ0) is 17.6. The van der Waals surface area contributed by atoms with Crippen LogP contribution in [0.5, 0.6) is 11.5 Å². The van der Waals surface area contributed by atoms with Crippen molar-refractivity contribution in [1.82, 2.24) is 4.98 Å². The SMILES string of the molecule is CC1CC(=O)c2cc(C(=O)Nc3ccc4c(c3)OCO4)c(=O)[nH]c2C1. The Morgan fingerprint density at radius 3 is 2.80 bits per heavy atom. The number of rotatable bonds is 2. The Bertz CT molecular complexity index is 947. The average molecular weight is 340 g/mol. The molecular weight excluding hydrogens is 324 g/mol. The lowest BCUT2D eigenvalue weighted by molar-refractivity contribution is 0.0952. The van der Waals surface area contributed by atoms with Crippen molar-refractivity contribution in [3.63, 3.8) is 0 Å². The minimum atomic E-state index is -0.575. The Morgan fingerprint density at radius 1 is 1.16 bits per heavy atom. The van der Waals surface area contributed by atoms with Gasteiger partial charge in [-0.05, 0) is 30.5 Å². The van der Waals surface area contributed by atoms with Crippen LogP contribution >= 0.6 is 0 Å².